The fraction of sp³-hybridized carbons (Fsp3) is 0.893. The van der Waals surface area contributed by atoms with Gasteiger partial charge in [-0.25, -0.2) is 0 Å². The van der Waals surface area contributed by atoms with E-state index in [1.54, 1.807) is 13.8 Å². The number of ketones is 2. The van der Waals surface area contributed by atoms with Crippen LogP contribution < -0.4 is 0 Å². The molecule has 2 aliphatic carbocycles. The number of hydrogen-bond acceptors (Lipinski definition) is 9. The van der Waals surface area contributed by atoms with Crippen molar-refractivity contribution in [3.8, 4) is 0 Å². The topological polar surface area (TPSA) is 118 Å². The molecule has 9 rings (SSSR count). The summed E-state index contributed by atoms with van der Waals surface area (Å²) in [5, 5.41) is 12.3. The van der Waals surface area contributed by atoms with Crippen LogP contribution in [0.5, 0.6) is 0 Å². The van der Waals surface area contributed by atoms with Crippen molar-refractivity contribution < 1.29 is 43.2 Å². The van der Waals surface area contributed by atoms with Crippen LogP contribution >= 0.6 is 0 Å². The Hall–Kier alpha value is -1.39. The molecule has 1 N–H and O–H groups in total. The van der Waals surface area contributed by atoms with Gasteiger partial charge in [0.15, 0.2) is 5.79 Å². The highest BCUT2D eigenvalue weighted by Crippen LogP contribution is 2.73. The summed E-state index contributed by atoms with van der Waals surface area (Å²) in [6.45, 7) is 11.3. The van der Waals surface area contributed by atoms with Crippen LogP contribution in [0.15, 0.2) is 0 Å². The van der Waals surface area contributed by atoms with Gasteiger partial charge in [-0.2, -0.15) is 0 Å². The highest BCUT2D eigenvalue weighted by Gasteiger charge is 2.85. The fourth-order valence-corrected chi connectivity index (χ4v) is 10.7. The van der Waals surface area contributed by atoms with Crippen LogP contribution in [0.4, 0.5) is 0 Å². The van der Waals surface area contributed by atoms with Crippen LogP contribution in [0, 0.1) is 40.9 Å². The molecule has 7 heterocycles. The molecule has 14 atom stereocenters. The van der Waals surface area contributed by atoms with E-state index in [4.69, 9.17) is 23.7 Å². The monoisotopic (exact) mass is 516 g/mol. The number of carbonyl (C=O) groups is 3. The van der Waals surface area contributed by atoms with Crippen molar-refractivity contribution in [2.24, 2.45) is 40.9 Å². The Bertz CT molecular complexity index is 1180. The van der Waals surface area contributed by atoms with Gasteiger partial charge in [0.1, 0.15) is 23.6 Å². The van der Waals surface area contributed by atoms with E-state index in [1.807, 2.05) is 27.7 Å². The summed E-state index contributed by atoms with van der Waals surface area (Å²) in [4.78, 5) is 41.4. The van der Waals surface area contributed by atoms with E-state index in [1.165, 1.54) is 0 Å². The molecule has 7 aliphatic heterocycles. The van der Waals surface area contributed by atoms with Crippen molar-refractivity contribution in [1.29, 1.82) is 0 Å². The largest absolute Gasteiger partial charge is 0.459 e. The first-order valence-corrected chi connectivity index (χ1v) is 13.9. The Labute approximate surface area is 215 Å². The average Bonchev–Trinajstić information content (AvgIpc) is 3.20. The van der Waals surface area contributed by atoms with Crippen LogP contribution in [0.2, 0.25) is 0 Å². The second-order valence-electron chi connectivity index (χ2n) is 14.3. The van der Waals surface area contributed by atoms with E-state index >= 15 is 0 Å². The van der Waals surface area contributed by atoms with Gasteiger partial charge in [-0.1, -0.05) is 13.8 Å². The number of aliphatic hydroxyl groups is 1. The number of rotatable bonds is 0. The Morgan fingerprint density at radius 1 is 0.892 bits per heavy atom. The summed E-state index contributed by atoms with van der Waals surface area (Å²) in [5.74, 6) is -6.27. The Morgan fingerprint density at radius 2 is 1.62 bits per heavy atom. The van der Waals surface area contributed by atoms with Gasteiger partial charge < -0.3 is 28.8 Å². The van der Waals surface area contributed by atoms with Gasteiger partial charge in [0.25, 0.3) is 0 Å². The first-order chi connectivity index (χ1) is 17.1. The van der Waals surface area contributed by atoms with Gasteiger partial charge >= 0.3 is 5.97 Å². The van der Waals surface area contributed by atoms with Crippen LogP contribution in [0.25, 0.3) is 0 Å². The van der Waals surface area contributed by atoms with E-state index in [0.29, 0.717) is 19.3 Å². The zero-order chi connectivity index (χ0) is 26.3. The normalized spacial score (nSPS) is 64.1. The third kappa shape index (κ3) is 2.23. The third-order valence-electron chi connectivity index (χ3n) is 12.2. The van der Waals surface area contributed by atoms with Gasteiger partial charge in [-0.05, 0) is 47.0 Å². The molecular formula is C28H36O9. The van der Waals surface area contributed by atoms with E-state index < -0.39 is 75.8 Å². The van der Waals surface area contributed by atoms with Gasteiger partial charge in [-0.15, -0.1) is 0 Å². The van der Waals surface area contributed by atoms with E-state index in [2.05, 4.69) is 0 Å². The lowest BCUT2D eigenvalue weighted by molar-refractivity contribution is -0.338. The lowest BCUT2D eigenvalue weighted by atomic mass is 9.61. The minimum atomic E-state index is -1.68. The maximum atomic E-state index is 14.8. The van der Waals surface area contributed by atoms with Crippen LogP contribution in [0.1, 0.15) is 67.2 Å². The maximum Gasteiger partial charge on any atom is 0.311 e. The molecule has 37 heavy (non-hydrogen) atoms. The molecule has 0 aromatic heterocycles. The smallest absolute Gasteiger partial charge is 0.311 e. The Morgan fingerprint density at radius 3 is 2.32 bits per heavy atom. The molecule has 9 heteroatoms. The molecule has 6 bridgehead atoms. The molecule has 0 radical (unpaired) electrons. The minimum Gasteiger partial charge on any atom is -0.459 e. The molecule has 0 amide bonds. The summed E-state index contributed by atoms with van der Waals surface area (Å²) in [7, 11) is 0. The fourth-order valence-electron chi connectivity index (χ4n) is 10.7. The molecule has 0 aromatic rings. The predicted octanol–water partition coefficient (Wildman–Crippen LogP) is 1.91. The average molecular weight is 517 g/mol. The summed E-state index contributed by atoms with van der Waals surface area (Å²) in [6, 6.07) is 0. The maximum absolute atomic E-state index is 14.8. The number of esters is 1. The molecule has 0 aromatic carbocycles. The zero-order valence-corrected chi connectivity index (χ0v) is 22.2. The summed E-state index contributed by atoms with van der Waals surface area (Å²) < 4.78 is 32.4. The minimum absolute atomic E-state index is 0.0710. The number of carbonyl (C=O) groups excluding carboxylic acids is 3. The van der Waals surface area contributed by atoms with Crippen molar-refractivity contribution >= 4 is 17.5 Å². The van der Waals surface area contributed by atoms with Crippen molar-refractivity contribution in [3.63, 3.8) is 0 Å². The number of ether oxygens (including phenoxy) is 5. The predicted molar refractivity (Wildman–Crippen MR) is 124 cm³/mol. The highest BCUT2D eigenvalue weighted by molar-refractivity contribution is 5.97. The summed E-state index contributed by atoms with van der Waals surface area (Å²) >= 11 is 0. The SMILES string of the molecule is C[C@@H]1C(=O)O[C@H]2[C@@H]1O[C@]13O[C@@]4(CC[C@]5(C)C(=O)[C@@H](C)[C@H]2[C@H]15)C[C@@]1(O)[C@H]2C[C@@H](O[C@]1(C)OC2(C)C)[C@H]4C3=O. The van der Waals surface area contributed by atoms with Crippen LogP contribution in [0.3, 0.4) is 0 Å². The lowest BCUT2D eigenvalue weighted by Crippen LogP contribution is -2.65. The van der Waals surface area contributed by atoms with Crippen molar-refractivity contribution in [1.82, 2.24) is 0 Å². The van der Waals surface area contributed by atoms with Gasteiger partial charge in [0.2, 0.25) is 11.6 Å². The molecule has 7 saturated heterocycles. The molecule has 2 saturated carbocycles. The van der Waals surface area contributed by atoms with Crippen molar-refractivity contribution in [3.05, 3.63) is 0 Å². The summed E-state index contributed by atoms with van der Waals surface area (Å²) in [5.41, 5.74) is -3.94. The second-order valence-corrected chi connectivity index (χ2v) is 14.3. The Kier molecular flexibility index (Phi) is 3.92. The zero-order valence-electron chi connectivity index (χ0n) is 22.2. The quantitative estimate of drug-likeness (QED) is 0.482. The molecule has 2 spiro atoms. The first-order valence-electron chi connectivity index (χ1n) is 13.9. The van der Waals surface area contributed by atoms with E-state index in [-0.39, 0.29) is 35.8 Å². The molecule has 9 nitrogen and oxygen atoms in total. The molecule has 202 valence electrons. The van der Waals surface area contributed by atoms with Crippen molar-refractivity contribution in [2.45, 2.75) is 114 Å². The van der Waals surface area contributed by atoms with E-state index in [0.717, 1.165) is 0 Å². The van der Waals surface area contributed by atoms with Crippen LogP contribution in [-0.4, -0.2) is 69.3 Å². The van der Waals surface area contributed by atoms with Gasteiger partial charge in [0, 0.05) is 35.5 Å². The standard InChI is InChI=1S/C28H36O9/c1-11-15-18-17(12(2)22(31)33-18)35-28-19(15)24(5,20(11)29)7-8-26(37-28)10-27(32)14-9-13(16(26)21(28)30)34-25(27,6)36-23(14,3)4/h11-19,32H,7-10H2,1-6H3/t11-,12-,13+,14-,15+,16-,17+,18+,19-,24-,25+,26-,27+,28-/m0/s1. The van der Waals surface area contributed by atoms with Crippen molar-refractivity contribution in [2.75, 3.05) is 0 Å². The summed E-state index contributed by atoms with van der Waals surface area (Å²) in [6.07, 6.45) is -0.200. The molecular weight excluding hydrogens is 480 g/mol. The molecule has 9 aliphatic rings. The second kappa shape index (κ2) is 6.17. The Balaban J connectivity index is 1.33. The first kappa shape index (κ1) is 23.5. The lowest BCUT2D eigenvalue weighted by Gasteiger charge is -2.51. The van der Waals surface area contributed by atoms with Gasteiger partial charge in [0.05, 0.1) is 29.1 Å². The number of hydrogen-bond donors (Lipinski definition) is 1. The molecule has 9 fully saturated rings. The van der Waals surface area contributed by atoms with Gasteiger partial charge in [-0.3, -0.25) is 14.4 Å². The molecule has 0 unspecified atom stereocenters. The number of Topliss-reactive ketones (excluding diaryl/α,β-unsaturated/α-hetero) is 2. The third-order valence-corrected chi connectivity index (χ3v) is 12.2. The highest BCUT2D eigenvalue weighted by atomic mass is 16.8. The van der Waals surface area contributed by atoms with Crippen LogP contribution in [-0.2, 0) is 38.1 Å². The number of fused-ring (bicyclic) bond motifs is 2. The van der Waals surface area contributed by atoms with E-state index in [9.17, 15) is 19.5 Å².